The molecule has 5 heteroatoms. The second-order valence-corrected chi connectivity index (χ2v) is 5.09. The van der Waals surface area contributed by atoms with Gasteiger partial charge in [0.2, 0.25) is 11.8 Å². The first-order valence-electron chi connectivity index (χ1n) is 5.86. The molecule has 1 fully saturated rings. The maximum Gasteiger partial charge on any atom is 0.246 e. The molecule has 1 aliphatic rings. The highest BCUT2D eigenvalue weighted by Gasteiger charge is 2.31. The Bertz CT molecular complexity index is 357. The largest absolute Gasteiger partial charge is 0.298 e. The Morgan fingerprint density at radius 3 is 2.76 bits per heavy atom. The maximum absolute atomic E-state index is 11.7. The lowest BCUT2D eigenvalue weighted by molar-refractivity contribution is -0.149. The number of imide groups is 1. The van der Waals surface area contributed by atoms with Crippen LogP contribution >= 0.6 is 0 Å². The van der Waals surface area contributed by atoms with Crippen molar-refractivity contribution in [1.82, 2.24) is 10.2 Å². The Kier molecular flexibility index (Phi) is 4.24. The zero-order chi connectivity index (χ0) is 13.1. The number of nitriles is 1. The normalized spacial score (nSPS) is 21.5. The third-order valence-corrected chi connectivity index (χ3v) is 2.98. The average Bonchev–Trinajstić information content (AvgIpc) is 2.28. The van der Waals surface area contributed by atoms with Crippen LogP contribution < -0.4 is 5.32 Å². The fraction of sp³-hybridized carbons (Fsp3) is 0.750. The van der Waals surface area contributed by atoms with E-state index in [1.807, 2.05) is 13.8 Å². The van der Waals surface area contributed by atoms with Gasteiger partial charge in [-0.2, -0.15) is 5.26 Å². The Morgan fingerprint density at radius 1 is 1.53 bits per heavy atom. The molecule has 0 bridgehead atoms. The van der Waals surface area contributed by atoms with Crippen LogP contribution in [0.15, 0.2) is 0 Å². The highest BCUT2D eigenvalue weighted by Crippen LogP contribution is 2.21. The minimum absolute atomic E-state index is 0.170. The number of carbonyl (C=O) groups is 2. The summed E-state index contributed by atoms with van der Waals surface area (Å²) in [6.07, 6.45) is 1.35. The number of carbonyl (C=O) groups excluding carboxylic acids is 2. The van der Waals surface area contributed by atoms with Crippen molar-refractivity contribution in [2.45, 2.75) is 39.7 Å². The molecule has 0 aromatic rings. The van der Waals surface area contributed by atoms with Crippen molar-refractivity contribution in [3.05, 3.63) is 0 Å². The standard InChI is InChI=1S/C12H19N3O2/c1-9-11(17)15(10(16)7-14-9)6-4-5-12(2,3)8-13/h9,14H,4-7H2,1-3H3. The molecular formula is C12H19N3O2. The molecule has 0 aromatic heterocycles. The van der Waals surface area contributed by atoms with E-state index in [9.17, 15) is 9.59 Å². The van der Waals surface area contributed by atoms with Crippen LogP contribution in [0.2, 0.25) is 0 Å². The van der Waals surface area contributed by atoms with Gasteiger partial charge in [0.25, 0.3) is 0 Å². The molecule has 1 atom stereocenters. The summed E-state index contributed by atoms with van der Waals surface area (Å²) in [6, 6.07) is 1.91. The highest BCUT2D eigenvalue weighted by molar-refractivity contribution is 6.00. The summed E-state index contributed by atoms with van der Waals surface area (Å²) in [4.78, 5) is 24.6. The number of nitrogens with zero attached hydrogens (tertiary/aromatic N) is 2. The molecule has 0 saturated carbocycles. The third kappa shape index (κ3) is 3.53. The topological polar surface area (TPSA) is 73.2 Å². The maximum atomic E-state index is 11.7. The number of piperazine rings is 1. The first-order chi connectivity index (χ1) is 7.87. The second-order valence-electron chi connectivity index (χ2n) is 5.09. The summed E-state index contributed by atoms with van der Waals surface area (Å²) in [6.45, 7) is 6.10. The van der Waals surface area contributed by atoms with Crippen LogP contribution in [0.5, 0.6) is 0 Å². The quantitative estimate of drug-likeness (QED) is 0.729. The van der Waals surface area contributed by atoms with E-state index in [-0.39, 0.29) is 24.4 Å². The molecule has 1 N–H and O–H groups in total. The van der Waals surface area contributed by atoms with E-state index in [4.69, 9.17) is 5.26 Å². The molecule has 1 aliphatic heterocycles. The fourth-order valence-electron chi connectivity index (χ4n) is 1.75. The van der Waals surface area contributed by atoms with Gasteiger partial charge < -0.3 is 0 Å². The van der Waals surface area contributed by atoms with E-state index < -0.39 is 5.41 Å². The van der Waals surface area contributed by atoms with Crippen LogP contribution in [0, 0.1) is 16.7 Å². The van der Waals surface area contributed by atoms with E-state index in [0.29, 0.717) is 19.4 Å². The zero-order valence-corrected chi connectivity index (χ0v) is 10.6. The molecule has 0 aliphatic carbocycles. The molecule has 0 aromatic carbocycles. The van der Waals surface area contributed by atoms with Crippen molar-refractivity contribution in [2.75, 3.05) is 13.1 Å². The molecule has 0 spiro atoms. The molecule has 1 rings (SSSR count). The monoisotopic (exact) mass is 237 g/mol. The molecule has 94 valence electrons. The van der Waals surface area contributed by atoms with E-state index in [1.54, 1.807) is 6.92 Å². The number of hydrogen-bond acceptors (Lipinski definition) is 4. The van der Waals surface area contributed by atoms with Gasteiger partial charge in [0.05, 0.1) is 24.1 Å². The van der Waals surface area contributed by atoms with Crippen molar-refractivity contribution in [3.63, 3.8) is 0 Å². The Morgan fingerprint density at radius 2 is 2.18 bits per heavy atom. The van der Waals surface area contributed by atoms with Crippen molar-refractivity contribution >= 4 is 11.8 Å². The van der Waals surface area contributed by atoms with Crippen LogP contribution in [0.4, 0.5) is 0 Å². The van der Waals surface area contributed by atoms with Gasteiger partial charge in [-0.25, -0.2) is 0 Å². The lowest BCUT2D eigenvalue weighted by Gasteiger charge is -2.30. The molecule has 0 radical (unpaired) electrons. The summed E-state index contributed by atoms with van der Waals surface area (Å²) in [7, 11) is 0. The van der Waals surface area contributed by atoms with Crippen molar-refractivity contribution in [1.29, 1.82) is 5.26 Å². The first-order valence-corrected chi connectivity index (χ1v) is 5.86. The summed E-state index contributed by atoms with van der Waals surface area (Å²) in [5.74, 6) is -0.348. The lowest BCUT2D eigenvalue weighted by atomic mass is 9.90. The minimum atomic E-state index is -0.397. The van der Waals surface area contributed by atoms with Gasteiger partial charge in [-0.3, -0.25) is 19.8 Å². The number of nitrogens with one attached hydrogen (secondary N) is 1. The van der Waals surface area contributed by atoms with Crippen LogP contribution in [0.1, 0.15) is 33.6 Å². The molecule has 17 heavy (non-hydrogen) atoms. The summed E-state index contributed by atoms with van der Waals surface area (Å²) < 4.78 is 0. The number of rotatable bonds is 4. The summed E-state index contributed by atoms with van der Waals surface area (Å²) in [5.41, 5.74) is -0.397. The Labute approximate surface area is 102 Å². The van der Waals surface area contributed by atoms with Gasteiger partial charge in [0, 0.05) is 6.54 Å². The van der Waals surface area contributed by atoms with Crippen LogP contribution in [-0.2, 0) is 9.59 Å². The van der Waals surface area contributed by atoms with Crippen LogP contribution in [0.25, 0.3) is 0 Å². The molecule has 1 heterocycles. The zero-order valence-electron chi connectivity index (χ0n) is 10.6. The number of amides is 2. The summed E-state index contributed by atoms with van der Waals surface area (Å²) in [5, 5.41) is 11.7. The molecule has 1 unspecified atom stereocenters. The molecule has 1 saturated heterocycles. The van der Waals surface area contributed by atoms with E-state index in [1.165, 1.54) is 4.90 Å². The van der Waals surface area contributed by atoms with Crippen molar-refractivity contribution in [3.8, 4) is 6.07 Å². The van der Waals surface area contributed by atoms with Gasteiger partial charge in [0.15, 0.2) is 0 Å². The average molecular weight is 237 g/mol. The minimum Gasteiger partial charge on any atom is -0.298 e. The predicted octanol–water partition coefficient (Wildman–Crippen LogP) is 0.663. The fourth-order valence-corrected chi connectivity index (χ4v) is 1.75. The van der Waals surface area contributed by atoms with Gasteiger partial charge in [-0.05, 0) is 33.6 Å². The van der Waals surface area contributed by atoms with E-state index in [0.717, 1.165) is 0 Å². The second kappa shape index (κ2) is 5.28. The van der Waals surface area contributed by atoms with Gasteiger partial charge in [0.1, 0.15) is 0 Å². The van der Waals surface area contributed by atoms with Gasteiger partial charge >= 0.3 is 0 Å². The molecule has 2 amide bonds. The van der Waals surface area contributed by atoms with Crippen molar-refractivity contribution < 1.29 is 9.59 Å². The third-order valence-electron chi connectivity index (χ3n) is 2.98. The molecule has 5 nitrogen and oxygen atoms in total. The van der Waals surface area contributed by atoms with Crippen molar-refractivity contribution in [2.24, 2.45) is 5.41 Å². The summed E-state index contributed by atoms with van der Waals surface area (Å²) >= 11 is 0. The molecular weight excluding hydrogens is 218 g/mol. The first kappa shape index (κ1) is 13.7. The lowest BCUT2D eigenvalue weighted by Crippen LogP contribution is -2.57. The SMILES string of the molecule is CC1NCC(=O)N(CCCC(C)(C)C#N)C1=O. The van der Waals surface area contributed by atoms with Gasteiger partial charge in [-0.1, -0.05) is 0 Å². The Hall–Kier alpha value is -1.41. The van der Waals surface area contributed by atoms with E-state index >= 15 is 0 Å². The smallest absolute Gasteiger partial charge is 0.246 e. The highest BCUT2D eigenvalue weighted by atomic mass is 16.2. The Balaban J connectivity index is 2.48. The van der Waals surface area contributed by atoms with E-state index in [2.05, 4.69) is 11.4 Å². The van der Waals surface area contributed by atoms with Crippen LogP contribution in [-0.4, -0.2) is 35.8 Å². The van der Waals surface area contributed by atoms with Crippen LogP contribution in [0.3, 0.4) is 0 Å². The number of hydrogen-bond donors (Lipinski definition) is 1. The predicted molar refractivity (Wildman–Crippen MR) is 62.8 cm³/mol. The van der Waals surface area contributed by atoms with Gasteiger partial charge in [-0.15, -0.1) is 0 Å².